The Kier molecular flexibility index (Phi) is 6.01. The average Bonchev–Trinajstić information content (AvgIpc) is 2.91. The SMILES string of the molecule is O=C(Nc1cccc(C(=O)N2CCSCC2)c1)N1CCCCCC1. The zero-order chi connectivity index (χ0) is 16.8. The highest BCUT2D eigenvalue weighted by molar-refractivity contribution is 7.99. The Balaban J connectivity index is 1.63. The van der Waals surface area contributed by atoms with Crippen LogP contribution in [0, 0.1) is 0 Å². The summed E-state index contributed by atoms with van der Waals surface area (Å²) in [5.74, 6) is 2.05. The first kappa shape index (κ1) is 17.1. The number of carbonyl (C=O) groups is 2. The molecule has 3 rings (SSSR count). The maximum Gasteiger partial charge on any atom is 0.321 e. The Hall–Kier alpha value is -1.69. The normalized spacial score (nSPS) is 18.8. The number of anilines is 1. The van der Waals surface area contributed by atoms with Gasteiger partial charge in [0.15, 0.2) is 0 Å². The first-order valence-electron chi connectivity index (χ1n) is 8.77. The quantitative estimate of drug-likeness (QED) is 0.893. The van der Waals surface area contributed by atoms with Crippen LogP contribution in [-0.2, 0) is 0 Å². The summed E-state index contributed by atoms with van der Waals surface area (Å²) in [5, 5.41) is 2.95. The van der Waals surface area contributed by atoms with Gasteiger partial charge in [-0.3, -0.25) is 4.79 Å². The summed E-state index contributed by atoms with van der Waals surface area (Å²) in [6, 6.07) is 7.24. The largest absolute Gasteiger partial charge is 0.337 e. The molecule has 0 aliphatic carbocycles. The van der Waals surface area contributed by atoms with Crippen molar-refractivity contribution < 1.29 is 9.59 Å². The molecule has 24 heavy (non-hydrogen) atoms. The lowest BCUT2D eigenvalue weighted by Gasteiger charge is -2.26. The van der Waals surface area contributed by atoms with E-state index < -0.39 is 0 Å². The van der Waals surface area contributed by atoms with Crippen LogP contribution in [0.15, 0.2) is 24.3 Å². The van der Waals surface area contributed by atoms with E-state index in [9.17, 15) is 9.59 Å². The molecular formula is C18H25N3O2S. The van der Waals surface area contributed by atoms with Crippen molar-refractivity contribution in [1.82, 2.24) is 9.80 Å². The summed E-state index contributed by atoms with van der Waals surface area (Å²) in [6.07, 6.45) is 4.53. The van der Waals surface area contributed by atoms with Crippen molar-refractivity contribution in [3.05, 3.63) is 29.8 Å². The van der Waals surface area contributed by atoms with Gasteiger partial charge in [-0.2, -0.15) is 11.8 Å². The van der Waals surface area contributed by atoms with Crippen LogP contribution in [0.2, 0.25) is 0 Å². The van der Waals surface area contributed by atoms with Crippen LogP contribution in [0.5, 0.6) is 0 Å². The topological polar surface area (TPSA) is 52.7 Å². The van der Waals surface area contributed by atoms with Crippen LogP contribution >= 0.6 is 11.8 Å². The second kappa shape index (κ2) is 8.42. The maximum absolute atomic E-state index is 12.6. The van der Waals surface area contributed by atoms with Gasteiger partial charge >= 0.3 is 6.03 Å². The molecule has 0 saturated carbocycles. The van der Waals surface area contributed by atoms with Gasteiger partial charge in [0.05, 0.1) is 0 Å². The molecule has 2 saturated heterocycles. The molecule has 3 amide bonds. The van der Waals surface area contributed by atoms with Crippen molar-refractivity contribution >= 4 is 29.4 Å². The smallest absolute Gasteiger partial charge is 0.321 e. The van der Waals surface area contributed by atoms with E-state index in [1.807, 2.05) is 39.8 Å². The van der Waals surface area contributed by atoms with Gasteiger partial charge < -0.3 is 15.1 Å². The second-order valence-electron chi connectivity index (χ2n) is 6.32. The number of likely N-dealkylation sites (tertiary alicyclic amines) is 1. The first-order chi connectivity index (χ1) is 11.7. The van der Waals surface area contributed by atoms with E-state index >= 15 is 0 Å². The number of hydrogen-bond donors (Lipinski definition) is 1. The average molecular weight is 347 g/mol. The molecule has 0 unspecified atom stereocenters. The van der Waals surface area contributed by atoms with E-state index in [-0.39, 0.29) is 11.9 Å². The van der Waals surface area contributed by atoms with Crippen LogP contribution in [0.4, 0.5) is 10.5 Å². The standard InChI is InChI=1S/C18H25N3O2S/c22-17(20-10-12-24-13-11-20)15-6-5-7-16(14-15)19-18(23)21-8-3-1-2-4-9-21/h5-7,14H,1-4,8-13H2,(H,19,23). The van der Waals surface area contributed by atoms with E-state index in [0.717, 1.165) is 50.5 Å². The van der Waals surface area contributed by atoms with Gasteiger partial charge in [0, 0.05) is 48.9 Å². The number of amides is 3. The Morgan fingerprint density at radius 3 is 2.33 bits per heavy atom. The van der Waals surface area contributed by atoms with Crippen LogP contribution in [-0.4, -0.2) is 59.4 Å². The number of benzene rings is 1. The zero-order valence-corrected chi connectivity index (χ0v) is 14.8. The lowest BCUT2D eigenvalue weighted by molar-refractivity contribution is 0.0772. The van der Waals surface area contributed by atoms with Crippen molar-refractivity contribution in [2.24, 2.45) is 0 Å². The van der Waals surface area contributed by atoms with Crippen molar-refractivity contribution in [2.75, 3.05) is 43.0 Å². The Morgan fingerprint density at radius 2 is 1.62 bits per heavy atom. The highest BCUT2D eigenvalue weighted by Crippen LogP contribution is 2.17. The fourth-order valence-corrected chi connectivity index (χ4v) is 4.06. The van der Waals surface area contributed by atoms with Crippen molar-refractivity contribution in [3.8, 4) is 0 Å². The van der Waals surface area contributed by atoms with Crippen molar-refractivity contribution in [2.45, 2.75) is 25.7 Å². The molecule has 2 aliphatic rings. The Labute approximate surface area is 147 Å². The molecule has 130 valence electrons. The van der Waals surface area contributed by atoms with Gasteiger partial charge in [0.1, 0.15) is 0 Å². The minimum atomic E-state index is -0.0594. The molecule has 5 nitrogen and oxygen atoms in total. The van der Waals surface area contributed by atoms with Crippen molar-refractivity contribution in [3.63, 3.8) is 0 Å². The predicted molar refractivity (Wildman–Crippen MR) is 98.7 cm³/mol. The molecule has 1 aromatic carbocycles. The molecule has 1 aromatic rings. The monoisotopic (exact) mass is 347 g/mol. The molecule has 1 N–H and O–H groups in total. The number of nitrogens with one attached hydrogen (secondary N) is 1. The summed E-state index contributed by atoms with van der Waals surface area (Å²) in [4.78, 5) is 28.8. The van der Waals surface area contributed by atoms with Crippen LogP contribution < -0.4 is 5.32 Å². The third-order valence-corrected chi connectivity index (χ3v) is 5.49. The van der Waals surface area contributed by atoms with Gasteiger partial charge in [0.2, 0.25) is 0 Å². The molecule has 2 heterocycles. The van der Waals surface area contributed by atoms with Crippen LogP contribution in [0.1, 0.15) is 36.0 Å². The van der Waals surface area contributed by atoms with Crippen LogP contribution in [0.3, 0.4) is 0 Å². The van der Waals surface area contributed by atoms with E-state index in [1.54, 1.807) is 6.07 Å². The number of rotatable bonds is 2. The van der Waals surface area contributed by atoms with E-state index in [0.29, 0.717) is 11.3 Å². The van der Waals surface area contributed by atoms with Crippen molar-refractivity contribution in [1.29, 1.82) is 0 Å². The zero-order valence-electron chi connectivity index (χ0n) is 14.0. The molecule has 0 atom stereocenters. The second-order valence-corrected chi connectivity index (χ2v) is 7.54. The number of hydrogen-bond acceptors (Lipinski definition) is 3. The van der Waals surface area contributed by atoms with Gasteiger partial charge in [0.25, 0.3) is 5.91 Å². The highest BCUT2D eigenvalue weighted by Gasteiger charge is 2.19. The summed E-state index contributed by atoms with van der Waals surface area (Å²) in [7, 11) is 0. The Morgan fingerprint density at radius 1 is 0.917 bits per heavy atom. The summed E-state index contributed by atoms with van der Waals surface area (Å²) in [5.41, 5.74) is 1.34. The highest BCUT2D eigenvalue weighted by atomic mass is 32.2. The summed E-state index contributed by atoms with van der Waals surface area (Å²) >= 11 is 1.88. The number of thioether (sulfide) groups is 1. The molecule has 0 radical (unpaired) electrons. The minimum absolute atomic E-state index is 0.0566. The third-order valence-electron chi connectivity index (χ3n) is 4.55. The Bertz CT molecular complexity index is 579. The lowest BCUT2D eigenvalue weighted by Crippen LogP contribution is -2.38. The maximum atomic E-state index is 12.6. The van der Waals surface area contributed by atoms with Crippen LogP contribution in [0.25, 0.3) is 0 Å². The summed E-state index contributed by atoms with van der Waals surface area (Å²) < 4.78 is 0. The molecule has 0 spiro atoms. The minimum Gasteiger partial charge on any atom is -0.337 e. The number of carbonyl (C=O) groups excluding carboxylic acids is 2. The number of nitrogens with zero attached hydrogens (tertiary/aromatic N) is 2. The summed E-state index contributed by atoms with van der Waals surface area (Å²) in [6.45, 7) is 3.23. The molecule has 0 aromatic heterocycles. The lowest BCUT2D eigenvalue weighted by atomic mass is 10.1. The molecular weight excluding hydrogens is 322 g/mol. The van der Waals surface area contributed by atoms with Gasteiger partial charge in [-0.15, -0.1) is 0 Å². The van der Waals surface area contributed by atoms with E-state index in [2.05, 4.69) is 5.32 Å². The first-order valence-corrected chi connectivity index (χ1v) is 9.92. The fraction of sp³-hybridized carbons (Fsp3) is 0.556. The molecule has 0 bridgehead atoms. The third kappa shape index (κ3) is 4.44. The van der Waals surface area contributed by atoms with Gasteiger partial charge in [-0.25, -0.2) is 4.79 Å². The fourth-order valence-electron chi connectivity index (χ4n) is 3.16. The molecule has 2 aliphatic heterocycles. The van der Waals surface area contributed by atoms with E-state index in [4.69, 9.17) is 0 Å². The van der Waals surface area contributed by atoms with E-state index in [1.165, 1.54) is 12.8 Å². The number of urea groups is 1. The van der Waals surface area contributed by atoms with Gasteiger partial charge in [-0.1, -0.05) is 18.9 Å². The molecule has 6 heteroatoms. The molecule has 2 fully saturated rings. The van der Waals surface area contributed by atoms with Gasteiger partial charge in [-0.05, 0) is 31.0 Å². The predicted octanol–water partition coefficient (Wildman–Crippen LogP) is 3.28.